The van der Waals surface area contributed by atoms with Crippen LogP contribution in [0.25, 0.3) is 5.65 Å². The Balaban J connectivity index is 1.23. The Morgan fingerprint density at radius 1 is 1.06 bits per heavy atom. The summed E-state index contributed by atoms with van der Waals surface area (Å²) < 4.78 is 13.6. The number of benzene rings is 1. The summed E-state index contributed by atoms with van der Waals surface area (Å²) in [6, 6.07) is 13.4. The molecular formula is C23H29N5O4. The average Bonchev–Trinajstić information content (AvgIpc) is 3.14. The minimum Gasteiger partial charge on any atom is -0.482 e. The lowest BCUT2D eigenvalue weighted by Gasteiger charge is -2.36. The number of esters is 1. The molecule has 1 aromatic carbocycles. The van der Waals surface area contributed by atoms with Gasteiger partial charge in [0.25, 0.3) is 0 Å². The number of carbonyl (C=O) groups excluding carboxylic acids is 1. The standard InChI is InChI=1S/C23H29N5O4/c1-2-31-22(29)18-32-20-8-5-7-19(17-20)26-15-13-25(14-16-26)10-6-12-28-23(30)27-11-4-3-9-21(27)24-28/h3-5,7-9,11,17H,2,6,10,12-16,18H2,1H3. The van der Waals surface area contributed by atoms with E-state index < -0.39 is 0 Å². The number of pyridine rings is 1. The van der Waals surface area contributed by atoms with Crippen LogP contribution >= 0.6 is 0 Å². The normalized spacial score (nSPS) is 14.6. The molecule has 0 N–H and O–H groups in total. The zero-order valence-corrected chi connectivity index (χ0v) is 18.4. The van der Waals surface area contributed by atoms with Gasteiger partial charge in [-0.2, -0.15) is 0 Å². The number of hydrogen-bond acceptors (Lipinski definition) is 7. The van der Waals surface area contributed by atoms with E-state index in [9.17, 15) is 9.59 Å². The van der Waals surface area contributed by atoms with Crippen molar-refractivity contribution in [2.75, 3.05) is 50.8 Å². The fourth-order valence-corrected chi connectivity index (χ4v) is 3.90. The Labute approximate surface area is 186 Å². The van der Waals surface area contributed by atoms with E-state index in [2.05, 4.69) is 21.0 Å². The van der Waals surface area contributed by atoms with Gasteiger partial charge in [0.05, 0.1) is 6.61 Å². The van der Waals surface area contributed by atoms with Crippen LogP contribution in [0.1, 0.15) is 13.3 Å². The van der Waals surface area contributed by atoms with Crippen LogP contribution in [0.3, 0.4) is 0 Å². The summed E-state index contributed by atoms with van der Waals surface area (Å²) in [6.07, 6.45) is 2.62. The van der Waals surface area contributed by atoms with Gasteiger partial charge in [0.2, 0.25) is 0 Å². The third-order valence-corrected chi connectivity index (χ3v) is 5.55. The summed E-state index contributed by atoms with van der Waals surface area (Å²) in [6.45, 7) is 7.31. The van der Waals surface area contributed by atoms with Crippen LogP contribution in [0.2, 0.25) is 0 Å². The molecule has 0 atom stereocenters. The fourth-order valence-electron chi connectivity index (χ4n) is 3.90. The predicted octanol–water partition coefficient (Wildman–Crippen LogP) is 1.65. The molecule has 1 fully saturated rings. The Morgan fingerprint density at radius 3 is 2.69 bits per heavy atom. The first kappa shape index (κ1) is 21.9. The Bertz CT molecular complexity index is 1100. The van der Waals surface area contributed by atoms with Gasteiger partial charge in [-0.05, 0) is 37.6 Å². The van der Waals surface area contributed by atoms with E-state index in [1.807, 2.05) is 36.4 Å². The molecule has 0 aliphatic carbocycles. The second-order valence-corrected chi connectivity index (χ2v) is 7.71. The summed E-state index contributed by atoms with van der Waals surface area (Å²) >= 11 is 0. The van der Waals surface area contributed by atoms with Crippen LogP contribution in [0.15, 0.2) is 53.5 Å². The molecule has 0 spiro atoms. The second kappa shape index (κ2) is 10.3. The van der Waals surface area contributed by atoms with Gasteiger partial charge in [-0.25, -0.2) is 14.3 Å². The molecule has 0 amide bonds. The van der Waals surface area contributed by atoms with Crippen LogP contribution in [0.5, 0.6) is 5.75 Å². The molecule has 4 rings (SSSR count). The highest BCUT2D eigenvalue weighted by atomic mass is 16.6. The minimum atomic E-state index is -0.363. The van der Waals surface area contributed by atoms with Gasteiger partial charge in [0.1, 0.15) is 5.75 Å². The molecule has 0 radical (unpaired) electrons. The van der Waals surface area contributed by atoms with Crippen molar-refractivity contribution in [3.63, 3.8) is 0 Å². The van der Waals surface area contributed by atoms with Crippen molar-refractivity contribution in [3.8, 4) is 5.75 Å². The number of fused-ring (bicyclic) bond motifs is 1. The lowest BCUT2D eigenvalue weighted by molar-refractivity contribution is -0.145. The molecule has 1 aliphatic heterocycles. The number of aryl methyl sites for hydroxylation is 1. The number of aromatic nitrogens is 3. The maximum Gasteiger partial charge on any atom is 0.350 e. The molecule has 9 nitrogen and oxygen atoms in total. The Kier molecular flexibility index (Phi) is 7.06. The van der Waals surface area contributed by atoms with Gasteiger partial charge in [0.15, 0.2) is 12.3 Å². The zero-order valence-electron chi connectivity index (χ0n) is 18.4. The van der Waals surface area contributed by atoms with E-state index >= 15 is 0 Å². The van der Waals surface area contributed by atoms with Gasteiger partial charge in [-0.3, -0.25) is 9.30 Å². The van der Waals surface area contributed by atoms with E-state index in [1.54, 1.807) is 22.2 Å². The summed E-state index contributed by atoms with van der Waals surface area (Å²) in [5.74, 6) is 0.299. The largest absolute Gasteiger partial charge is 0.482 e. The number of rotatable bonds is 9. The van der Waals surface area contributed by atoms with Crippen molar-refractivity contribution >= 4 is 17.3 Å². The number of anilines is 1. The van der Waals surface area contributed by atoms with E-state index in [4.69, 9.17) is 9.47 Å². The highest BCUT2D eigenvalue weighted by Gasteiger charge is 2.18. The van der Waals surface area contributed by atoms with Crippen molar-refractivity contribution in [1.82, 2.24) is 19.1 Å². The van der Waals surface area contributed by atoms with Crippen LogP contribution in [0, 0.1) is 0 Å². The molecule has 3 heterocycles. The molecule has 2 aromatic heterocycles. The van der Waals surface area contributed by atoms with E-state index in [1.165, 1.54) is 0 Å². The van der Waals surface area contributed by atoms with Crippen LogP contribution in [-0.2, 0) is 16.1 Å². The molecule has 0 saturated carbocycles. The summed E-state index contributed by atoms with van der Waals surface area (Å²) in [4.78, 5) is 28.6. The third-order valence-electron chi connectivity index (χ3n) is 5.55. The SMILES string of the molecule is CCOC(=O)COc1cccc(N2CCN(CCCn3nc4ccccn4c3=O)CC2)c1. The second-order valence-electron chi connectivity index (χ2n) is 7.71. The molecule has 1 aliphatic rings. The van der Waals surface area contributed by atoms with Crippen molar-refractivity contribution in [1.29, 1.82) is 0 Å². The van der Waals surface area contributed by atoms with Gasteiger partial charge in [-0.1, -0.05) is 12.1 Å². The number of ether oxygens (including phenoxy) is 2. The molecule has 1 saturated heterocycles. The van der Waals surface area contributed by atoms with Crippen LogP contribution in [-0.4, -0.2) is 71.0 Å². The first-order valence-electron chi connectivity index (χ1n) is 11.0. The lowest BCUT2D eigenvalue weighted by Crippen LogP contribution is -2.46. The van der Waals surface area contributed by atoms with Crippen molar-refractivity contribution in [2.45, 2.75) is 19.9 Å². The van der Waals surface area contributed by atoms with E-state index in [0.29, 0.717) is 24.5 Å². The first-order valence-corrected chi connectivity index (χ1v) is 11.0. The maximum absolute atomic E-state index is 12.4. The van der Waals surface area contributed by atoms with E-state index in [0.717, 1.165) is 44.8 Å². The minimum absolute atomic E-state index is 0.0829. The van der Waals surface area contributed by atoms with Gasteiger partial charge in [-0.15, -0.1) is 5.10 Å². The molecule has 3 aromatic rings. The highest BCUT2D eigenvalue weighted by molar-refractivity contribution is 5.71. The average molecular weight is 440 g/mol. The monoisotopic (exact) mass is 439 g/mol. The number of hydrogen-bond donors (Lipinski definition) is 0. The lowest BCUT2D eigenvalue weighted by atomic mass is 10.2. The topological polar surface area (TPSA) is 81.3 Å². The van der Waals surface area contributed by atoms with Crippen molar-refractivity contribution < 1.29 is 14.3 Å². The van der Waals surface area contributed by atoms with Gasteiger partial charge < -0.3 is 14.4 Å². The summed E-state index contributed by atoms with van der Waals surface area (Å²) in [5.41, 5.74) is 1.68. The Morgan fingerprint density at radius 2 is 1.91 bits per heavy atom. The highest BCUT2D eigenvalue weighted by Crippen LogP contribution is 2.22. The maximum atomic E-state index is 12.4. The number of piperazine rings is 1. The van der Waals surface area contributed by atoms with E-state index in [-0.39, 0.29) is 18.3 Å². The van der Waals surface area contributed by atoms with Gasteiger partial charge >= 0.3 is 11.7 Å². The van der Waals surface area contributed by atoms with Crippen molar-refractivity contribution in [2.24, 2.45) is 0 Å². The third kappa shape index (κ3) is 5.28. The molecule has 170 valence electrons. The fraction of sp³-hybridized carbons (Fsp3) is 0.435. The van der Waals surface area contributed by atoms with Gasteiger partial charge in [0, 0.05) is 57.2 Å². The Hall–Kier alpha value is -3.33. The zero-order chi connectivity index (χ0) is 22.3. The quantitative estimate of drug-likeness (QED) is 0.469. The molecule has 0 bridgehead atoms. The summed E-state index contributed by atoms with van der Waals surface area (Å²) in [5, 5.41) is 4.39. The smallest absolute Gasteiger partial charge is 0.350 e. The number of nitrogens with zero attached hydrogens (tertiary/aromatic N) is 5. The van der Waals surface area contributed by atoms with Crippen LogP contribution < -0.4 is 15.3 Å². The first-order chi connectivity index (χ1) is 15.6. The predicted molar refractivity (Wildman–Crippen MR) is 121 cm³/mol. The molecular weight excluding hydrogens is 410 g/mol. The molecule has 0 unspecified atom stereocenters. The number of carbonyl (C=O) groups is 1. The summed E-state index contributed by atoms with van der Waals surface area (Å²) in [7, 11) is 0. The van der Waals surface area contributed by atoms with Crippen molar-refractivity contribution in [3.05, 3.63) is 59.1 Å². The molecule has 9 heteroatoms. The van der Waals surface area contributed by atoms with Crippen LogP contribution in [0.4, 0.5) is 5.69 Å². The molecule has 32 heavy (non-hydrogen) atoms.